The van der Waals surface area contributed by atoms with Crippen molar-refractivity contribution < 1.29 is 9.84 Å². The summed E-state index contributed by atoms with van der Waals surface area (Å²) < 4.78 is 4.96. The zero-order chi connectivity index (χ0) is 14.1. The molecule has 6 nitrogen and oxygen atoms in total. The number of ether oxygens (including phenoxy) is 1. The minimum atomic E-state index is -0.299. The molecule has 19 heavy (non-hydrogen) atoms. The lowest BCUT2D eigenvalue weighted by atomic mass is 10.3. The number of hydrogen-bond donors (Lipinski definition) is 2. The summed E-state index contributed by atoms with van der Waals surface area (Å²) in [7, 11) is 3.61. The largest absolute Gasteiger partial charge is 0.393 e. The zero-order valence-electron chi connectivity index (χ0n) is 12.0. The van der Waals surface area contributed by atoms with E-state index in [0.717, 1.165) is 25.2 Å². The van der Waals surface area contributed by atoms with Crippen LogP contribution in [0, 0.1) is 0 Å². The van der Waals surface area contributed by atoms with Gasteiger partial charge in [-0.1, -0.05) is 0 Å². The fraction of sp³-hybridized carbons (Fsp3) is 0.692. The Bertz CT molecular complexity index is 343. The van der Waals surface area contributed by atoms with Crippen LogP contribution in [-0.4, -0.2) is 55.0 Å². The van der Waals surface area contributed by atoms with Crippen molar-refractivity contribution in [1.82, 2.24) is 15.3 Å². The van der Waals surface area contributed by atoms with Crippen molar-refractivity contribution in [3.8, 4) is 0 Å². The smallest absolute Gasteiger partial charge is 0.224 e. The Hall–Kier alpha value is -1.24. The van der Waals surface area contributed by atoms with Gasteiger partial charge in [-0.15, -0.1) is 0 Å². The van der Waals surface area contributed by atoms with Gasteiger partial charge >= 0.3 is 0 Å². The topological polar surface area (TPSA) is 70.5 Å². The molecular formula is C13H24N4O2. The first-order valence-electron chi connectivity index (χ1n) is 6.53. The van der Waals surface area contributed by atoms with Crippen LogP contribution in [0.1, 0.15) is 18.9 Å². The highest BCUT2D eigenvalue weighted by Crippen LogP contribution is 2.06. The van der Waals surface area contributed by atoms with Gasteiger partial charge in [-0.25, -0.2) is 9.97 Å². The molecule has 6 heteroatoms. The summed E-state index contributed by atoms with van der Waals surface area (Å²) in [5.41, 5.74) is 1.05. The molecule has 0 amide bonds. The highest BCUT2D eigenvalue weighted by Gasteiger charge is 2.05. The Morgan fingerprint density at radius 2 is 2.11 bits per heavy atom. The predicted molar refractivity (Wildman–Crippen MR) is 75.2 cm³/mol. The summed E-state index contributed by atoms with van der Waals surface area (Å²) in [6.07, 6.45) is 4.05. The molecule has 0 fully saturated rings. The standard InChI is InChI=1S/C13H24N4O2/c1-11(18)4-6-17(2)13-15-9-12(10-16-13)8-14-5-7-19-3/h9-11,14,18H,4-8H2,1-3H3. The molecule has 1 aromatic rings. The van der Waals surface area contributed by atoms with Gasteiger partial charge in [-0.3, -0.25) is 0 Å². The van der Waals surface area contributed by atoms with Crippen LogP contribution in [0.5, 0.6) is 0 Å². The van der Waals surface area contributed by atoms with Crippen LogP contribution in [0.4, 0.5) is 5.95 Å². The molecule has 0 aliphatic heterocycles. The van der Waals surface area contributed by atoms with Gasteiger partial charge in [0.25, 0.3) is 0 Å². The number of rotatable bonds is 9. The van der Waals surface area contributed by atoms with Crippen molar-refractivity contribution in [2.75, 3.05) is 38.8 Å². The lowest BCUT2D eigenvalue weighted by Crippen LogP contribution is -2.24. The summed E-state index contributed by atoms with van der Waals surface area (Å²) in [5, 5.41) is 12.5. The Morgan fingerprint density at radius 1 is 1.42 bits per heavy atom. The van der Waals surface area contributed by atoms with Gasteiger partial charge in [0, 0.05) is 51.7 Å². The number of aliphatic hydroxyl groups is 1. The molecule has 0 bridgehead atoms. The van der Waals surface area contributed by atoms with Gasteiger partial charge in [0.05, 0.1) is 12.7 Å². The van der Waals surface area contributed by atoms with Crippen molar-refractivity contribution in [1.29, 1.82) is 0 Å². The van der Waals surface area contributed by atoms with Gasteiger partial charge < -0.3 is 20.1 Å². The average molecular weight is 268 g/mol. The van der Waals surface area contributed by atoms with E-state index in [1.165, 1.54) is 0 Å². The molecule has 0 saturated heterocycles. The lowest BCUT2D eigenvalue weighted by Gasteiger charge is -2.17. The van der Waals surface area contributed by atoms with Crippen molar-refractivity contribution in [3.63, 3.8) is 0 Å². The van der Waals surface area contributed by atoms with E-state index in [4.69, 9.17) is 4.74 Å². The summed E-state index contributed by atoms with van der Waals surface area (Å²) in [6, 6.07) is 0. The molecule has 0 aromatic carbocycles. The maximum absolute atomic E-state index is 9.25. The minimum Gasteiger partial charge on any atom is -0.393 e. The molecule has 0 aliphatic rings. The van der Waals surface area contributed by atoms with Crippen molar-refractivity contribution in [3.05, 3.63) is 18.0 Å². The van der Waals surface area contributed by atoms with E-state index >= 15 is 0 Å². The SMILES string of the molecule is COCCNCc1cnc(N(C)CCC(C)O)nc1. The van der Waals surface area contributed by atoms with E-state index in [1.54, 1.807) is 14.0 Å². The molecule has 0 aliphatic carbocycles. The number of nitrogens with one attached hydrogen (secondary N) is 1. The van der Waals surface area contributed by atoms with Gasteiger partial charge in [-0.2, -0.15) is 0 Å². The lowest BCUT2D eigenvalue weighted by molar-refractivity contribution is 0.186. The van der Waals surface area contributed by atoms with Gasteiger partial charge in [0.15, 0.2) is 0 Å². The minimum absolute atomic E-state index is 0.299. The first-order valence-corrected chi connectivity index (χ1v) is 6.53. The second kappa shape index (κ2) is 8.79. The van der Waals surface area contributed by atoms with Crippen LogP contribution < -0.4 is 10.2 Å². The highest BCUT2D eigenvalue weighted by molar-refractivity contribution is 5.28. The first-order chi connectivity index (χ1) is 9.13. The quantitative estimate of drug-likeness (QED) is 0.633. The molecule has 0 saturated carbocycles. The Labute approximate surface area is 114 Å². The molecule has 108 valence electrons. The maximum Gasteiger partial charge on any atom is 0.224 e. The highest BCUT2D eigenvalue weighted by atomic mass is 16.5. The zero-order valence-corrected chi connectivity index (χ0v) is 12.0. The van der Waals surface area contributed by atoms with Crippen LogP contribution >= 0.6 is 0 Å². The summed E-state index contributed by atoms with van der Waals surface area (Å²) in [6.45, 7) is 4.77. The predicted octanol–water partition coefficient (Wildman–Crippen LogP) is 0.420. The number of aromatic nitrogens is 2. The summed E-state index contributed by atoms with van der Waals surface area (Å²) in [5.74, 6) is 0.682. The normalized spacial score (nSPS) is 12.4. The molecule has 1 aromatic heterocycles. The number of hydrogen-bond acceptors (Lipinski definition) is 6. The molecule has 0 spiro atoms. The van der Waals surface area contributed by atoms with E-state index in [1.807, 2.05) is 24.3 Å². The number of nitrogens with zero attached hydrogens (tertiary/aromatic N) is 3. The van der Waals surface area contributed by atoms with Crippen molar-refractivity contribution in [2.45, 2.75) is 26.0 Å². The Morgan fingerprint density at radius 3 is 2.68 bits per heavy atom. The molecule has 1 heterocycles. The van der Waals surface area contributed by atoms with E-state index in [9.17, 15) is 5.11 Å². The van der Waals surface area contributed by atoms with Gasteiger partial charge in [0.2, 0.25) is 5.95 Å². The van der Waals surface area contributed by atoms with E-state index in [0.29, 0.717) is 19.0 Å². The average Bonchev–Trinajstić information content (AvgIpc) is 2.41. The van der Waals surface area contributed by atoms with Crippen LogP contribution in [0.3, 0.4) is 0 Å². The monoisotopic (exact) mass is 268 g/mol. The maximum atomic E-state index is 9.25. The second-order valence-corrected chi connectivity index (χ2v) is 4.62. The molecule has 2 N–H and O–H groups in total. The van der Waals surface area contributed by atoms with Crippen LogP contribution in [0.15, 0.2) is 12.4 Å². The second-order valence-electron chi connectivity index (χ2n) is 4.62. The Balaban J connectivity index is 2.37. The van der Waals surface area contributed by atoms with Gasteiger partial charge in [-0.05, 0) is 13.3 Å². The molecular weight excluding hydrogens is 244 g/mol. The first kappa shape index (κ1) is 15.8. The molecule has 1 unspecified atom stereocenters. The van der Waals surface area contributed by atoms with E-state index < -0.39 is 0 Å². The fourth-order valence-electron chi connectivity index (χ4n) is 1.52. The fourth-order valence-corrected chi connectivity index (χ4v) is 1.52. The summed E-state index contributed by atoms with van der Waals surface area (Å²) in [4.78, 5) is 10.6. The molecule has 0 radical (unpaired) electrons. The van der Waals surface area contributed by atoms with Crippen LogP contribution in [0.25, 0.3) is 0 Å². The Kier molecular flexibility index (Phi) is 7.32. The third-order valence-electron chi connectivity index (χ3n) is 2.73. The third kappa shape index (κ3) is 6.47. The number of aliphatic hydroxyl groups excluding tert-OH is 1. The number of methoxy groups -OCH3 is 1. The van der Waals surface area contributed by atoms with E-state index in [2.05, 4.69) is 15.3 Å². The molecule has 1 atom stereocenters. The summed E-state index contributed by atoms with van der Waals surface area (Å²) >= 11 is 0. The van der Waals surface area contributed by atoms with Crippen LogP contribution in [-0.2, 0) is 11.3 Å². The molecule has 1 rings (SSSR count). The van der Waals surface area contributed by atoms with E-state index in [-0.39, 0.29) is 6.10 Å². The van der Waals surface area contributed by atoms with Crippen molar-refractivity contribution >= 4 is 5.95 Å². The van der Waals surface area contributed by atoms with Crippen molar-refractivity contribution in [2.24, 2.45) is 0 Å². The number of anilines is 1. The van der Waals surface area contributed by atoms with Crippen LogP contribution in [0.2, 0.25) is 0 Å². The third-order valence-corrected chi connectivity index (χ3v) is 2.73. The van der Waals surface area contributed by atoms with Gasteiger partial charge in [0.1, 0.15) is 0 Å².